The van der Waals surface area contributed by atoms with Crippen molar-refractivity contribution in [1.29, 1.82) is 0 Å². The predicted octanol–water partition coefficient (Wildman–Crippen LogP) is 3.57. The Bertz CT molecular complexity index is 1020. The molecule has 0 aromatic heterocycles. The third-order valence-corrected chi connectivity index (χ3v) is 5.83. The van der Waals surface area contributed by atoms with E-state index >= 15 is 0 Å². The van der Waals surface area contributed by atoms with Crippen LogP contribution in [0.25, 0.3) is 0 Å². The maximum atomic E-state index is 13.0. The fourth-order valence-corrected chi connectivity index (χ4v) is 4.27. The van der Waals surface area contributed by atoms with Crippen molar-refractivity contribution in [3.05, 3.63) is 70.9 Å². The first-order valence-corrected chi connectivity index (χ1v) is 10.3. The van der Waals surface area contributed by atoms with Crippen molar-refractivity contribution < 1.29 is 28.9 Å². The molecule has 0 saturated heterocycles. The van der Waals surface area contributed by atoms with E-state index in [1.54, 1.807) is 31.2 Å². The Kier molecular flexibility index (Phi) is 6.89. The molecule has 2 aromatic carbocycles. The van der Waals surface area contributed by atoms with Gasteiger partial charge in [0.05, 0.1) is 38.4 Å². The van der Waals surface area contributed by atoms with Gasteiger partial charge in [0.2, 0.25) is 0 Å². The summed E-state index contributed by atoms with van der Waals surface area (Å²) in [5, 5.41) is 14.7. The lowest BCUT2D eigenvalue weighted by molar-refractivity contribution is -0.157. The lowest BCUT2D eigenvalue weighted by atomic mass is 9.65. The molecular weight excluding hydrogens is 410 g/mol. The number of anilines is 1. The number of esters is 2. The Morgan fingerprint density at radius 2 is 1.75 bits per heavy atom. The summed E-state index contributed by atoms with van der Waals surface area (Å²) in [5.74, 6) is -2.48. The Balaban J connectivity index is 2.25. The van der Waals surface area contributed by atoms with E-state index in [2.05, 4.69) is 5.32 Å². The van der Waals surface area contributed by atoms with Gasteiger partial charge in [0, 0.05) is 23.7 Å². The number of benzene rings is 2. The third-order valence-electron chi connectivity index (χ3n) is 5.83. The van der Waals surface area contributed by atoms with Gasteiger partial charge in [0.25, 0.3) is 0 Å². The van der Waals surface area contributed by atoms with Gasteiger partial charge >= 0.3 is 11.9 Å². The molecule has 0 radical (unpaired) electrons. The highest BCUT2D eigenvalue weighted by Crippen LogP contribution is 2.48. The number of hydrogen-bond acceptors (Lipinski definition) is 7. The summed E-state index contributed by atoms with van der Waals surface area (Å²) in [5.41, 5.74) is 1.73. The SMILES string of the molecule is COC(=O)C1=C(Nc2ccc(C)cc2)C[C@](C)(O)[C@@H](C(=O)OC)[C@@H]1c1cccc(OC)c1. The molecule has 3 atom stereocenters. The summed E-state index contributed by atoms with van der Waals surface area (Å²) in [7, 11) is 4.10. The van der Waals surface area contributed by atoms with Crippen molar-refractivity contribution in [2.75, 3.05) is 26.6 Å². The standard InChI is InChI=1S/C25H29NO6/c1-15-9-11-17(12-10-15)26-19-14-25(2,29)22(24(28)32-5)20(21(19)23(27)31-4)16-7-6-8-18(13-16)30-3/h6-13,20,22,26,29H,14H2,1-5H3/t20-,22-,25+/m1/s1. The molecule has 0 spiro atoms. The minimum atomic E-state index is -1.49. The lowest BCUT2D eigenvalue weighted by Crippen LogP contribution is -2.49. The molecule has 1 aliphatic rings. The van der Waals surface area contributed by atoms with Gasteiger partial charge in [-0.3, -0.25) is 4.79 Å². The zero-order valence-corrected chi connectivity index (χ0v) is 19.0. The summed E-state index contributed by atoms with van der Waals surface area (Å²) < 4.78 is 15.5. The van der Waals surface area contributed by atoms with E-state index in [4.69, 9.17) is 14.2 Å². The van der Waals surface area contributed by atoms with E-state index in [0.29, 0.717) is 17.0 Å². The van der Waals surface area contributed by atoms with Crippen LogP contribution in [0.1, 0.15) is 30.4 Å². The van der Waals surface area contributed by atoms with Crippen molar-refractivity contribution >= 4 is 17.6 Å². The quantitative estimate of drug-likeness (QED) is 0.665. The number of methoxy groups -OCH3 is 3. The Morgan fingerprint density at radius 3 is 2.34 bits per heavy atom. The normalized spacial score (nSPS) is 22.8. The molecule has 2 N–H and O–H groups in total. The smallest absolute Gasteiger partial charge is 0.336 e. The molecule has 0 fully saturated rings. The number of carbonyl (C=O) groups excluding carboxylic acids is 2. The maximum Gasteiger partial charge on any atom is 0.336 e. The number of nitrogens with one attached hydrogen (secondary N) is 1. The van der Waals surface area contributed by atoms with Gasteiger partial charge in [-0.2, -0.15) is 0 Å². The molecule has 0 aliphatic heterocycles. The zero-order valence-electron chi connectivity index (χ0n) is 19.0. The number of rotatable bonds is 6. The van der Waals surface area contributed by atoms with E-state index in [1.165, 1.54) is 21.3 Å². The number of aliphatic hydroxyl groups is 1. The molecule has 7 nitrogen and oxygen atoms in total. The fraction of sp³-hybridized carbons (Fsp3) is 0.360. The van der Waals surface area contributed by atoms with E-state index in [9.17, 15) is 14.7 Å². The van der Waals surface area contributed by atoms with Gasteiger partial charge in [-0.1, -0.05) is 29.8 Å². The van der Waals surface area contributed by atoms with Gasteiger partial charge in [0.1, 0.15) is 5.75 Å². The summed E-state index contributed by atoms with van der Waals surface area (Å²) in [6.07, 6.45) is 0.0333. The van der Waals surface area contributed by atoms with E-state index in [1.807, 2.05) is 31.2 Å². The first kappa shape index (κ1) is 23.3. The van der Waals surface area contributed by atoms with Crippen molar-refractivity contribution in [2.24, 2.45) is 5.92 Å². The second-order valence-electron chi connectivity index (χ2n) is 8.16. The molecule has 0 unspecified atom stereocenters. The molecule has 1 aliphatic carbocycles. The maximum absolute atomic E-state index is 13.0. The number of aryl methyl sites for hydroxylation is 1. The van der Waals surface area contributed by atoms with Crippen LogP contribution < -0.4 is 10.1 Å². The van der Waals surface area contributed by atoms with Crippen LogP contribution in [-0.4, -0.2) is 44.0 Å². The average molecular weight is 440 g/mol. The first-order valence-electron chi connectivity index (χ1n) is 10.3. The van der Waals surface area contributed by atoms with Gasteiger partial charge in [-0.15, -0.1) is 0 Å². The highest BCUT2D eigenvalue weighted by Gasteiger charge is 2.52. The number of carbonyl (C=O) groups is 2. The molecule has 7 heteroatoms. The largest absolute Gasteiger partial charge is 0.497 e. The lowest BCUT2D eigenvalue weighted by Gasteiger charge is -2.42. The first-order chi connectivity index (χ1) is 15.2. The van der Waals surface area contributed by atoms with Crippen molar-refractivity contribution in [2.45, 2.75) is 31.8 Å². The van der Waals surface area contributed by atoms with E-state index in [-0.39, 0.29) is 12.0 Å². The van der Waals surface area contributed by atoms with Gasteiger partial charge in [-0.25, -0.2) is 4.79 Å². The number of hydrogen-bond donors (Lipinski definition) is 2. The summed E-state index contributed by atoms with van der Waals surface area (Å²) in [4.78, 5) is 25.9. The molecular formula is C25H29NO6. The number of ether oxygens (including phenoxy) is 3. The monoisotopic (exact) mass is 439 g/mol. The van der Waals surface area contributed by atoms with Crippen LogP contribution in [0.3, 0.4) is 0 Å². The molecule has 0 bridgehead atoms. The van der Waals surface area contributed by atoms with Crippen molar-refractivity contribution in [1.82, 2.24) is 0 Å². The van der Waals surface area contributed by atoms with Crippen LogP contribution in [0.2, 0.25) is 0 Å². The van der Waals surface area contributed by atoms with Crippen molar-refractivity contribution in [3.8, 4) is 5.75 Å². The fourth-order valence-electron chi connectivity index (χ4n) is 4.27. The predicted molar refractivity (Wildman–Crippen MR) is 120 cm³/mol. The van der Waals surface area contributed by atoms with Crippen LogP contribution in [0.15, 0.2) is 59.8 Å². The molecule has 0 heterocycles. The van der Waals surface area contributed by atoms with E-state index in [0.717, 1.165) is 11.3 Å². The molecule has 170 valence electrons. The average Bonchev–Trinajstić information content (AvgIpc) is 2.78. The Labute approximate surface area is 188 Å². The van der Waals surface area contributed by atoms with Gasteiger partial charge < -0.3 is 24.6 Å². The van der Waals surface area contributed by atoms with E-state index < -0.39 is 29.4 Å². The second kappa shape index (κ2) is 9.44. The molecule has 0 amide bonds. The Hall–Kier alpha value is -3.32. The van der Waals surface area contributed by atoms with Gasteiger partial charge in [0.15, 0.2) is 0 Å². The van der Waals surface area contributed by atoms with Gasteiger partial charge in [-0.05, 0) is 43.7 Å². The summed E-state index contributed by atoms with van der Waals surface area (Å²) in [6.45, 7) is 3.56. The van der Waals surface area contributed by atoms with Crippen LogP contribution in [0.4, 0.5) is 5.69 Å². The van der Waals surface area contributed by atoms with Crippen LogP contribution >= 0.6 is 0 Å². The topological polar surface area (TPSA) is 94.1 Å². The second-order valence-corrected chi connectivity index (χ2v) is 8.16. The Morgan fingerprint density at radius 1 is 1.06 bits per heavy atom. The van der Waals surface area contributed by atoms with Crippen LogP contribution in [-0.2, 0) is 19.1 Å². The molecule has 2 aromatic rings. The summed E-state index contributed by atoms with van der Waals surface area (Å²) in [6, 6.07) is 14.7. The molecule has 0 saturated carbocycles. The van der Waals surface area contributed by atoms with Crippen LogP contribution in [0, 0.1) is 12.8 Å². The third kappa shape index (κ3) is 4.62. The van der Waals surface area contributed by atoms with Crippen molar-refractivity contribution in [3.63, 3.8) is 0 Å². The highest BCUT2D eigenvalue weighted by atomic mass is 16.5. The zero-order chi connectivity index (χ0) is 23.5. The molecule has 3 rings (SSSR count). The van der Waals surface area contributed by atoms with Crippen LogP contribution in [0.5, 0.6) is 5.75 Å². The summed E-state index contributed by atoms with van der Waals surface area (Å²) >= 11 is 0. The minimum Gasteiger partial charge on any atom is -0.497 e. The molecule has 32 heavy (non-hydrogen) atoms. The highest BCUT2D eigenvalue weighted by molar-refractivity contribution is 5.94. The minimum absolute atomic E-state index is 0.0333.